The molecule has 1 aliphatic heterocycles. The molecule has 4 heteroatoms. The van der Waals surface area contributed by atoms with Gasteiger partial charge in [0.05, 0.1) is 13.2 Å². The van der Waals surface area contributed by atoms with Gasteiger partial charge in [0.15, 0.2) is 0 Å². The van der Waals surface area contributed by atoms with Crippen LogP contribution in [-0.2, 0) is 10.2 Å². The average Bonchev–Trinajstić information content (AvgIpc) is 2.41. The predicted molar refractivity (Wildman–Crippen MR) is 67.9 cm³/mol. The van der Waals surface area contributed by atoms with Crippen LogP contribution in [0.3, 0.4) is 0 Å². The van der Waals surface area contributed by atoms with Gasteiger partial charge in [-0.3, -0.25) is 9.88 Å². The maximum Gasteiger partial charge on any atom is 0.0594 e. The van der Waals surface area contributed by atoms with Crippen LogP contribution in [0.1, 0.15) is 12.6 Å². The topological polar surface area (TPSA) is 51.4 Å². The van der Waals surface area contributed by atoms with Crippen molar-refractivity contribution >= 4 is 0 Å². The van der Waals surface area contributed by atoms with E-state index in [9.17, 15) is 0 Å². The third kappa shape index (κ3) is 3.03. The van der Waals surface area contributed by atoms with Crippen LogP contribution in [0.25, 0.3) is 0 Å². The number of nitrogens with two attached hydrogens (primary N) is 1. The molecule has 0 aromatic carbocycles. The summed E-state index contributed by atoms with van der Waals surface area (Å²) in [6.45, 7) is 7.37. The molecule has 2 heterocycles. The number of morpholine rings is 1. The van der Waals surface area contributed by atoms with Gasteiger partial charge in [-0.1, -0.05) is 13.0 Å². The quantitative estimate of drug-likeness (QED) is 0.831. The SMILES string of the molecule is CC(CN)(CN1CCOCC1)c1ccccn1. The van der Waals surface area contributed by atoms with Crippen LogP contribution in [0.15, 0.2) is 24.4 Å². The van der Waals surface area contributed by atoms with E-state index >= 15 is 0 Å². The van der Waals surface area contributed by atoms with Gasteiger partial charge in [0, 0.05) is 43.5 Å². The lowest BCUT2D eigenvalue weighted by Crippen LogP contribution is -2.48. The molecule has 1 atom stereocenters. The summed E-state index contributed by atoms with van der Waals surface area (Å²) < 4.78 is 5.37. The molecule has 17 heavy (non-hydrogen) atoms. The van der Waals surface area contributed by atoms with Crippen molar-refractivity contribution in [3.05, 3.63) is 30.1 Å². The van der Waals surface area contributed by atoms with E-state index in [0.717, 1.165) is 38.5 Å². The van der Waals surface area contributed by atoms with E-state index in [4.69, 9.17) is 10.5 Å². The highest BCUT2D eigenvalue weighted by Crippen LogP contribution is 2.22. The molecule has 2 rings (SSSR count). The minimum atomic E-state index is -0.0708. The fourth-order valence-corrected chi connectivity index (χ4v) is 2.22. The normalized spacial score (nSPS) is 21.1. The maximum atomic E-state index is 5.96. The van der Waals surface area contributed by atoms with E-state index in [-0.39, 0.29) is 5.41 Å². The largest absolute Gasteiger partial charge is 0.379 e. The minimum absolute atomic E-state index is 0.0708. The van der Waals surface area contributed by atoms with Crippen LogP contribution in [0, 0.1) is 0 Å². The van der Waals surface area contributed by atoms with Crippen LogP contribution in [0.5, 0.6) is 0 Å². The Bertz CT molecular complexity index is 338. The minimum Gasteiger partial charge on any atom is -0.379 e. The van der Waals surface area contributed by atoms with Crippen molar-refractivity contribution in [2.45, 2.75) is 12.3 Å². The zero-order valence-electron chi connectivity index (χ0n) is 10.4. The predicted octanol–water partition coefficient (Wildman–Crippen LogP) is 0.630. The van der Waals surface area contributed by atoms with Gasteiger partial charge < -0.3 is 10.5 Å². The smallest absolute Gasteiger partial charge is 0.0594 e. The van der Waals surface area contributed by atoms with Crippen molar-refractivity contribution in [2.75, 3.05) is 39.4 Å². The molecule has 0 amide bonds. The Morgan fingerprint density at radius 3 is 2.76 bits per heavy atom. The standard InChI is InChI=1S/C13H21N3O/c1-13(10-14,12-4-2-3-5-15-12)11-16-6-8-17-9-7-16/h2-5H,6-11,14H2,1H3. The van der Waals surface area contributed by atoms with Gasteiger partial charge in [0.25, 0.3) is 0 Å². The molecule has 0 radical (unpaired) electrons. The van der Waals surface area contributed by atoms with Gasteiger partial charge in [-0.05, 0) is 12.1 Å². The Labute approximate surface area is 103 Å². The van der Waals surface area contributed by atoms with Crippen LogP contribution in [-0.4, -0.2) is 49.3 Å². The Balaban J connectivity index is 2.08. The Morgan fingerprint density at radius 1 is 1.41 bits per heavy atom. The summed E-state index contributed by atoms with van der Waals surface area (Å²) in [6, 6.07) is 6.03. The van der Waals surface area contributed by atoms with E-state index in [2.05, 4.69) is 22.9 Å². The fraction of sp³-hybridized carbons (Fsp3) is 0.615. The van der Waals surface area contributed by atoms with Crippen molar-refractivity contribution in [2.24, 2.45) is 5.73 Å². The molecule has 1 aliphatic rings. The molecular weight excluding hydrogens is 214 g/mol. The molecule has 1 saturated heterocycles. The zero-order valence-corrected chi connectivity index (χ0v) is 10.4. The lowest BCUT2D eigenvalue weighted by Gasteiger charge is -2.36. The molecule has 0 spiro atoms. The van der Waals surface area contributed by atoms with Gasteiger partial charge in [0.2, 0.25) is 0 Å². The summed E-state index contributed by atoms with van der Waals surface area (Å²) in [5.74, 6) is 0. The van der Waals surface area contributed by atoms with Crippen molar-refractivity contribution in [1.29, 1.82) is 0 Å². The number of hydrogen-bond acceptors (Lipinski definition) is 4. The first-order valence-corrected chi connectivity index (χ1v) is 6.16. The summed E-state index contributed by atoms with van der Waals surface area (Å²) in [4.78, 5) is 6.86. The van der Waals surface area contributed by atoms with Crippen molar-refractivity contribution in [1.82, 2.24) is 9.88 Å². The molecule has 1 fully saturated rings. The lowest BCUT2D eigenvalue weighted by atomic mass is 9.85. The van der Waals surface area contributed by atoms with E-state index in [1.165, 1.54) is 0 Å². The fourth-order valence-electron chi connectivity index (χ4n) is 2.22. The molecule has 1 aromatic heterocycles. The molecule has 94 valence electrons. The number of pyridine rings is 1. The first-order valence-electron chi connectivity index (χ1n) is 6.16. The highest BCUT2D eigenvalue weighted by atomic mass is 16.5. The molecule has 4 nitrogen and oxygen atoms in total. The third-order valence-corrected chi connectivity index (χ3v) is 3.41. The van der Waals surface area contributed by atoms with E-state index in [1.54, 1.807) is 0 Å². The molecule has 0 saturated carbocycles. The summed E-state index contributed by atoms with van der Waals surface area (Å²) in [5.41, 5.74) is 6.97. The molecule has 0 aliphatic carbocycles. The first-order chi connectivity index (χ1) is 8.24. The lowest BCUT2D eigenvalue weighted by molar-refractivity contribution is 0.0284. The summed E-state index contributed by atoms with van der Waals surface area (Å²) in [5, 5.41) is 0. The second-order valence-corrected chi connectivity index (χ2v) is 4.87. The Kier molecular flexibility index (Phi) is 4.10. The molecule has 1 unspecified atom stereocenters. The van der Waals surface area contributed by atoms with Crippen LogP contribution < -0.4 is 5.73 Å². The molecule has 2 N–H and O–H groups in total. The van der Waals surface area contributed by atoms with Gasteiger partial charge in [-0.25, -0.2) is 0 Å². The summed E-state index contributed by atoms with van der Waals surface area (Å²) in [6.07, 6.45) is 1.84. The van der Waals surface area contributed by atoms with Crippen molar-refractivity contribution < 1.29 is 4.74 Å². The maximum absolute atomic E-state index is 5.96. The zero-order chi connectivity index (χ0) is 12.1. The van der Waals surface area contributed by atoms with Gasteiger partial charge >= 0.3 is 0 Å². The highest BCUT2D eigenvalue weighted by Gasteiger charge is 2.29. The first kappa shape index (κ1) is 12.5. The van der Waals surface area contributed by atoms with Gasteiger partial charge in [0.1, 0.15) is 0 Å². The number of nitrogens with zero attached hydrogens (tertiary/aromatic N) is 2. The summed E-state index contributed by atoms with van der Waals surface area (Å²) in [7, 11) is 0. The second kappa shape index (κ2) is 5.58. The Morgan fingerprint density at radius 2 is 2.18 bits per heavy atom. The number of hydrogen-bond donors (Lipinski definition) is 1. The average molecular weight is 235 g/mol. The van der Waals surface area contributed by atoms with Crippen LogP contribution in [0.4, 0.5) is 0 Å². The monoisotopic (exact) mass is 235 g/mol. The number of ether oxygens (including phenoxy) is 1. The van der Waals surface area contributed by atoms with Crippen molar-refractivity contribution in [3.63, 3.8) is 0 Å². The number of rotatable bonds is 4. The van der Waals surface area contributed by atoms with E-state index in [0.29, 0.717) is 6.54 Å². The highest BCUT2D eigenvalue weighted by molar-refractivity contribution is 5.17. The molecule has 0 bridgehead atoms. The van der Waals surface area contributed by atoms with E-state index < -0.39 is 0 Å². The second-order valence-electron chi connectivity index (χ2n) is 4.87. The van der Waals surface area contributed by atoms with Crippen LogP contribution >= 0.6 is 0 Å². The summed E-state index contributed by atoms with van der Waals surface area (Å²) >= 11 is 0. The molecular formula is C13H21N3O. The van der Waals surface area contributed by atoms with Crippen molar-refractivity contribution in [3.8, 4) is 0 Å². The van der Waals surface area contributed by atoms with E-state index in [1.807, 2.05) is 18.3 Å². The van der Waals surface area contributed by atoms with Crippen LogP contribution in [0.2, 0.25) is 0 Å². The number of aromatic nitrogens is 1. The third-order valence-electron chi connectivity index (χ3n) is 3.41. The Hall–Kier alpha value is -0.970. The molecule has 1 aromatic rings. The van der Waals surface area contributed by atoms with Gasteiger partial charge in [-0.2, -0.15) is 0 Å². The van der Waals surface area contributed by atoms with Gasteiger partial charge in [-0.15, -0.1) is 0 Å².